The van der Waals surface area contributed by atoms with Crippen LogP contribution < -0.4 is 0 Å². The van der Waals surface area contributed by atoms with Crippen LogP contribution in [0.2, 0.25) is 0 Å². The van der Waals surface area contributed by atoms with Crippen molar-refractivity contribution in [2.24, 2.45) is 0 Å². The monoisotopic (exact) mass is 138 g/mol. The van der Waals surface area contributed by atoms with Crippen LogP contribution in [0.25, 0.3) is 0 Å². The van der Waals surface area contributed by atoms with Gasteiger partial charge in [-0.15, -0.1) is 0 Å². The lowest BCUT2D eigenvalue weighted by molar-refractivity contribution is -0.113. The zero-order valence-corrected chi connectivity index (χ0v) is 7.06. The largest absolute Gasteiger partial charge is 0.295 e. The molecule has 0 aromatic rings. The first-order valence-electron chi connectivity index (χ1n) is 3.40. The van der Waals surface area contributed by atoms with Crippen LogP contribution in [0, 0.1) is 0 Å². The van der Waals surface area contributed by atoms with Gasteiger partial charge < -0.3 is 0 Å². The number of ketones is 1. The van der Waals surface area contributed by atoms with E-state index in [-0.39, 0.29) is 5.78 Å². The molecule has 0 radical (unpaired) electrons. The molecule has 0 aliphatic heterocycles. The summed E-state index contributed by atoms with van der Waals surface area (Å²) in [5.41, 5.74) is 1.95. The highest BCUT2D eigenvalue weighted by Gasteiger charge is 1.95. The van der Waals surface area contributed by atoms with Crippen LogP contribution >= 0.6 is 0 Å². The molecule has 1 heteroatoms. The van der Waals surface area contributed by atoms with Gasteiger partial charge in [0.05, 0.1) is 0 Å². The Kier molecular flexibility index (Phi) is 3.70. The molecule has 0 heterocycles. The Hall–Kier alpha value is -0.850. The lowest BCUT2D eigenvalue weighted by Crippen LogP contribution is -1.92. The fraction of sp³-hybridized carbons (Fsp3) is 0.444. The van der Waals surface area contributed by atoms with Crippen molar-refractivity contribution < 1.29 is 4.79 Å². The molecule has 1 nitrogen and oxygen atoms in total. The highest BCUT2D eigenvalue weighted by Crippen LogP contribution is 2.02. The lowest BCUT2D eigenvalue weighted by atomic mass is 10.1. The zero-order chi connectivity index (χ0) is 8.15. The van der Waals surface area contributed by atoms with E-state index < -0.39 is 0 Å². The molecule has 0 aromatic carbocycles. The van der Waals surface area contributed by atoms with Crippen molar-refractivity contribution in [2.45, 2.75) is 27.7 Å². The Morgan fingerprint density at radius 2 is 1.70 bits per heavy atom. The molecule has 0 N–H and O–H groups in total. The molecule has 0 spiro atoms. The maximum atomic E-state index is 10.8. The van der Waals surface area contributed by atoms with Gasteiger partial charge in [-0.25, -0.2) is 0 Å². The molecule has 0 bridgehead atoms. The number of carbonyl (C=O) groups is 1. The highest BCUT2D eigenvalue weighted by molar-refractivity contribution is 5.96. The average molecular weight is 138 g/mol. The normalized spacial score (nSPS) is 11.0. The van der Waals surface area contributed by atoms with Crippen LogP contribution in [-0.2, 0) is 4.79 Å². The molecule has 0 aliphatic rings. The van der Waals surface area contributed by atoms with Gasteiger partial charge in [0.2, 0.25) is 0 Å². The summed E-state index contributed by atoms with van der Waals surface area (Å²) < 4.78 is 0. The first kappa shape index (κ1) is 9.15. The van der Waals surface area contributed by atoms with E-state index in [2.05, 4.69) is 0 Å². The second-order valence-electron chi connectivity index (χ2n) is 2.52. The third kappa shape index (κ3) is 3.23. The van der Waals surface area contributed by atoms with Crippen LogP contribution in [0.3, 0.4) is 0 Å². The fourth-order valence-electron chi connectivity index (χ4n) is 0.699. The smallest absolute Gasteiger partial charge is 0.159 e. The first-order valence-corrected chi connectivity index (χ1v) is 3.40. The Balaban J connectivity index is 4.42. The van der Waals surface area contributed by atoms with Crippen LogP contribution in [0.4, 0.5) is 0 Å². The van der Waals surface area contributed by atoms with Crippen LogP contribution in [-0.4, -0.2) is 5.78 Å². The van der Waals surface area contributed by atoms with Gasteiger partial charge in [-0.2, -0.15) is 0 Å². The number of allylic oxidation sites excluding steroid dienone is 4. The molecule has 0 aliphatic carbocycles. The molecule has 0 unspecified atom stereocenters. The van der Waals surface area contributed by atoms with Crippen LogP contribution in [0.1, 0.15) is 27.7 Å². The van der Waals surface area contributed by atoms with Crippen molar-refractivity contribution in [3.63, 3.8) is 0 Å². The third-order valence-corrected chi connectivity index (χ3v) is 1.16. The molecule has 0 saturated carbocycles. The molecule has 0 rings (SSSR count). The average Bonchev–Trinajstić information content (AvgIpc) is 1.81. The maximum absolute atomic E-state index is 10.8. The Morgan fingerprint density at radius 1 is 1.20 bits per heavy atom. The number of Topliss-reactive ketones (excluding diaryl/α,β-unsaturated/α-hetero) is 1. The molecular weight excluding hydrogens is 124 g/mol. The van der Waals surface area contributed by atoms with E-state index in [0.717, 1.165) is 11.1 Å². The van der Waals surface area contributed by atoms with Gasteiger partial charge in [-0.05, 0) is 27.7 Å². The standard InChI is InChI=1S/C9H14O/c1-5-9(8(4)10)6-7(2)3/h5-6H,1-4H3. The van der Waals surface area contributed by atoms with Gasteiger partial charge in [0, 0.05) is 5.57 Å². The number of hydrogen-bond acceptors (Lipinski definition) is 1. The van der Waals surface area contributed by atoms with E-state index in [9.17, 15) is 4.79 Å². The summed E-state index contributed by atoms with van der Waals surface area (Å²) in [5.74, 6) is 0.128. The minimum atomic E-state index is 0.128. The Morgan fingerprint density at radius 3 is 1.80 bits per heavy atom. The van der Waals surface area contributed by atoms with Gasteiger partial charge in [0.1, 0.15) is 0 Å². The van der Waals surface area contributed by atoms with E-state index in [4.69, 9.17) is 0 Å². The van der Waals surface area contributed by atoms with Crippen molar-refractivity contribution in [1.29, 1.82) is 0 Å². The van der Waals surface area contributed by atoms with Crippen LogP contribution in [0.15, 0.2) is 23.3 Å². The lowest BCUT2D eigenvalue weighted by Gasteiger charge is -1.94. The molecule has 0 fully saturated rings. The molecule has 0 amide bonds. The number of carbonyl (C=O) groups excluding carboxylic acids is 1. The summed E-state index contributed by atoms with van der Waals surface area (Å²) in [4.78, 5) is 10.8. The minimum Gasteiger partial charge on any atom is -0.295 e. The summed E-state index contributed by atoms with van der Waals surface area (Å²) >= 11 is 0. The van der Waals surface area contributed by atoms with E-state index >= 15 is 0 Å². The first-order chi connectivity index (χ1) is 4.57. The van der Waals surface area contributed by atoms with Gasteiger partial charge >= 0.3 is 0 Å². The van der Waals surface area contributed by atoms with Crippen molar-refractivity contribution in [1.82, 2.24) is 0 Å². The van der Waals surface area contributed by atoms with E-state index in [1.54, 1.807) is 6.92 Å². The van der Waals surface area contributed by atoms with Crippen molar-refractivity contribution in [2.75, 3.05) is 0 Å². The molecule has 0 atom stereocenters. The zero-order valence-electron chi connectivity index (χ0n) is 7.06. The predicted molar refractivity (Wildman–Crippen MR) is 43.9 cm³/mol. The quantitative estimate of drug-likeness (QED) is 0.423. The maximum Gasteiger partial charge on any atom is 0.159 e. The highest BCUT2D eigenvalue weighted by atomic mass is 16.1. The molecular formula is C9H14O. The predicted octanol–water partition coefficient (Wildman–Crippen LogP) is 2.49. The molecule has 56 valence electrons. The SMILES string of the molecule is CC=C(C=C(C)C)C(C)=O. The summed E-state index contributed by atoms with van der Waals surface area (Å²) in [5, 5.41) is 0. The number of rotatable bonds is 2. The minimum absolute atomic E-state index is 0.128. The second kappa shape index (κ2) is 4.04. The van der Waals surface area contributed by atoms with Gasteiger partial charge in [0.25, 0.3) is 0 Å². The summed E-state index contributed by atoms with van der Waals surface area (Å²) in [6, 6.07) is 0. The van der Waals surface area contributed by atoms with Gasteiger partial charge in [-0.1, -0.05) is 17.7 Å². The molecule has 0 saturated heterocycles. The third-order valence-electron chi connectivity index (χ3n) is 1.16. The van der Waals surface area contributed by atoms with Crippen molar-refractivity contribution >= 4 is 5.78 Å². The molecule has 10 heavy (non-hydrogen) atoms. The Labute approximate surface area is 62.4 Å². The topological polar surface area (TPSA) is 17.1 Å². The summed E-state index contributed by atoms with van der Waals surface area (Å²) in [7, 11) is 0. The second-order valence-corrected chi connectivity index (χ2v) is 2.52. The summed E-state index contributed by atoms with van der Waals surface area (Å²) in [6.45, 7) is 7.41. The number of hydrogen-bond donors (Lipinski definition) is 0. The van der Waals surface area contributed by atoms with Crippen molar-refractivity contribution in [3.05, 3.63) is 23.3 Å². The van der Waals surface area contributed by atoms with Crippen LogP contribution in [0.5, 0.6) is 0 Å². The fourth-order valence-corrected chi connectivity index (χ4v) is 0.699. The molecule has 0 aromatic heterocycles. The van der Waals surface area contributed by atoms with Crippen molar-refractivity contribution in [3.8, 4) is 0 Å². The van der Waals surface area contributed by atoms with E-state index in [0.29, 0.717) is 0 Å². The van der Waals surface area contributed by atoms with Gasteiger partial charge in [-0.3, -0.25) is 4.79 Å². The van der Waals surface area contributed by atoms with Gasteiger partial charge in [0.15, 0.2) is 5.78 Å². The van der Waals surface area contributed by atoms with E-state index in [1.165, 1.54) is 0 Å². The Bertz CT molecular complexity index is 181. The van der Waals surface area contributed by atoms with E-state index in [1.807, 2.05) is 32.9 Å². The summed E-state index contributed by atoms with van der Waals surface area (Å²) in [6.07, 6.45) is 3.72.